The van der Waals surface area contributed by atoms with Crippen molar-refractivity contribution in [3.05, 3.63) is 77.7 Å². The fourth-order valence-corrected chi connectivity index (χ4v) is 3.82. The van der Waals surface area contributed by atoms with Gasteiger partial charge in [-0.15, -0.1) is 10.2 Å². The van der Waals surface area contributed by atoms with Crippen molar-refractivity contribution in [3.63, 3.8) is 0 Å². The smallest absolute Gasteiger partial charge is 0.113 e. The zero-order valence-electron chi connectivity index (χ0n) is 15.9. The van der Waals surface area contributed by atoms with E-state index in [1.807, 2.05) is 45.9 Å². The molecule has 2 aromatic heterocycles. The lowest BCUT2D eigenvalue weighted by molar-refractivity contribution is 0.543. The second-order valence-electron chi connectivity index (χ2n) is 7.32. The summed E-state index contributed by atoms with van der Waals surface area (Å²) in [5.41, 5.74) is 6.62. The molecule has 0 saturated heterocycles. The molecule has 6 heteroatoms. The van der Waals surface area contributed by atoms with Gasteiger partial charge in [0.1, 0.15) is 5.69 Å². The number of nitrogens with zero attached hydrogens (tertiary/aromatic N) is 6. The molecule has 1 atom stereocenters. The maximum atomic E-state index is 4.38. The molecular weight excluding hydrogens is 348 g/mol. The summed E-state index contributed by atoms with van der Waals surface area (Å²) in [7, 11) is 0. The van der Waals surface area contributed by atoms with Crippen LogP contribution in [-0.4, -0.2) is 30.0 Å². The zero-order chi connectivity index (χ0) is 18.9. The second-order valence-corrected chi connectivity index (χ2v) is 7.32. The predicted octanol–water partition coefficient (Wildman–Crippen LogP) is 4.01. The minimum atomic E-state index is 0.101. The standard InChI is InChI=1S/C22H22N6/c1-16(27-15-21(24-25-27)18-7-3-2-4-8-18)17-11-13-19(14-12-17)28-22-10-6-5-9-20(22)23-26-28/h2-4,7-8,11-16H,5-6,9-10H2,1H3. The lowest BCUT2D eigenvalue weighted by Gasteiger charge is -2.14. The van der Waals surface area contributed by atoms with E-state index in [2.05, 4.69) is 51.8 Å². The van der Waals surface area contributed by atoms with Crippen molar-refractivity contribution in [3.8, 4) is 16.9 Å². The minimum absolute atomic E-state index is 0.101. The number of benzene rings is 2. The topological polar surface area (TPSA) is 61.4 Å². The highest BCUT2D eigenvalue weighted by atomic mass is 15.4. The lowest BCUT2D eigenvalue weighted by atomic mass is 10.0. The number of fused-ring (bicyclic) bond motifs is 1. The molecule has 5 rings (SSSR count). The molecule has 4 aromatic rings. The van der Waals surface area contributed by atoms with E-state index in [0.717, 1.165) is 35.5 Å². The summed E-state index contributed by atoms with van der Waals surface area (Å²) in [4.78, 5) is 0. The van der Waals surface area contributed by atoms with Crippen molar-refractivity contribution < 1.29 is 0 Å². The molecule has 2 aromatic carbocycles. The van der Waals surface area contributed by atoms with Gasteiger partial charge < -0.3 is 0 Å². The van der Waals surface area contributed by atoms with Crippen molar-refractivity contribution in [1.82, 2.24) is 30.0 Å². The van der Waals surface area contributed by atoms with Crippen LogP contribution in [-0.2, 0) is 12.8 Å². The Morgan fingerprint density at radius 3 is 2.46 bits per heavy atom. The normalized spacial score (nSPS) is 14.6. The van der Waals surface area contributed by atoms with Crippen LogP contribution in [0.4, 0.5) is 0 Å². The molecule has 1 aliphatic rings. The molecule has 0 amide bonds. The summed E-state index contributed by atoms with van der Waals surface area (Å²) in [6.07, 6.45) is 6.53. The van der Waals surface area contributed by atoms with Crippen LogP contribution < -0.4 is 0 Å². The van der Waals surface area contributed by atoms with Gasteiger partial charge in [0.25, 0.3) is 0 Å². The molecule has 140 valence electrons. The lowest BCUT2D eigenvalue weighted by Crippen LogP contribution is -2.09. The number of hydrogen-bond donors (Lipinski definition) is 0. The van der Waals surface area contributed by atoms with Crippen LogP contribution in [0.2, 0.25) is 0 Å². The van der Waals surface area contributed by atoms with E-state index in [-0.39, 0.29) is 6.04 Å². The fraction of sp³-hybridized carbons (Fsp3) is 0.273. The molecule has 0 fully saturated rings. The molecule has 0 bridgehead atoms. The quantitative estimate of drug-likeness (QED) is 0.544. The molecule has 0 N–H and O–H groups in total. The van der Waals surface area contributed by atoms with Crippen LogP contribution in [0.1, 0.15) is 42.8 Å². The SMILES string of the molecule is CC(c1ccc(-n2nnc3c2CCCC3)cc1)n1cc(-c2ccccc2)nn1. The van der Waals surface area contributed by atoms with Crippen LogP contribution in [0, 0.1) is 0 Å². The van der Waals surface area contributed by atoms with E-state index in [0.29, 0.717) is 0 Å². The van der Waals surface area contributed by atoms with Crippen LogP contribution in [0.25, 0.3) is 16.9 Å². The van der Waals surface area contributed by atoms with Gasteiger partial charge in [0.05, 0.1) is 29.3 Å². The summed E-state index contributed by atoms with van der Waals surface area (Å²) < 4.78 is 3.90. The summed E-state index contributed by atoms with van der Waals surface area (Å²) in [6, 6.07) is 18.7. The van der Waals surface area contributed by atoms with E-state index >= 15 is 0 Å². The third-order valence-electron chi connectivity index (χ3n) is 5.52. The Balaban J connectivity index is 1.39. The monoisotopic (exact) mass is 370 g/mol. The van der Waals surface area contributed by atoms with Crippen molar-refractivity contribution in [2.75, 3.05) is 0 Å². The van der Waals surface area contributed by atoms with E-state index in [1.165, 1.54) is 24.1 Å². The third kappa shape index (κ3) is 3.01. The summed E-state index contributed by atoms with van der Waals surface area (Å²) >= 11 is 0. The predicted molar refractivity (Wildman–Crippen MR) is 107 cm³/mol. The average molecular weight is 370 g/mol. The Labute approximate surface area is 163 Å². The Hall–Kier alpha value is -3.28. The highest BCUT2D eigenvalue weighted by Gasteiger charge is 2.18. The van der Waals surface area contributed by atoms with Gasteiger partial charge in [0.2, 0.25) is 0 Å². The first-order valence-corrected chi connectivity index (χ1v) is 9.80. The zero-order valence-corrected chi connectivity index (χ0v) is 15.9. The van der Waals surface area contributed by atoms with Crippen LogP contribution >= 0.6 is 0 Å². The van der Waals surface area contributed by atoms with E-state index in [9.17, 15) is 0 Å². The highest BCUT2D eigenvalue weighted by molar-refractivity contribution is 5.57. The fourth-order valence-electron chi connectivity index (χ4n) is 3.82. The van der Waals surface area contributed by atoms with Gasteiger partial charge in [-0.25, -0.2) is 9.36 Å². The minimum Gasteiger partial charge on any atom is -0.245 e. The Bertz CT molecular complexity index is 1080. The van der Waals surface area contributed by atoms with Crippen molar-refractivity contribution >= 4 is 0 Å². The first kappa shape index (κ1) is 16.9. The molecule has 0 saturated carbocycles. The maximum absolute atomic E-state index is 4.38. The molecule has 1 aliphatic carbocycles. The van der Waals surface area contributed by atoms with Gasteiger partial charge in [-0.3, -0.25) is 0 Å². The first-order valence-electron chi connectivity index (χ1n) is 9.80. The van der Waals surface area contributed by atoms with Gasteiger partial charge in [0, 0.05) is 5.56 Å². The average Bonchev–Trinajstić information content (AvgIpc) is 3.42. The van der Waals surface area contributed by atoms with E-state index < -0.39 is 0 Å². The number of aromatic nitrogens is 6. The Morgan fingerprint density at radius 2 is 1.64 bits per heavy atom. The Morgan fingerprint density at radius 1 is 0.857 bits per heavy atom. The molecule has 1 unspecified atom stereocenters. The van der Waals surface area contributed by atoms with Crippen LogP contribution in [0.3, 0.4) is 0 Å². The van der Waals surface area contributed by atoms with Gasteiger partial charge in [-0.05, 0) is 50.3 Å². The Kier molecular flexibility index (Phi) is 4.24. The molecule has 2 heterocycles. The van der Waals surface area contributed by atoms with Gasteiger partial charge in [-0.2, -0.15) is 0 Å². The number of rotatable bonds is 4. The summed E-state index contributed by atoms with van der Waals surface area (Å²) in [6.45, 7) is 2.13. The maximum Gasteiger partial charge on any atom is 0.113 e. The van der Waals surface area contributed by atoms with Crippen LogP contribution in [0.15, 0.2) is 60.8 Å². The molecular formula is C22H22N6. The van der Waals surface area contributed by atoms with Gasteiger partial charge >= 0.3 is 0 Å². The molecule has 28 heavy (non-hydrogen) atoms. The van der Waals surface area contributed by atoms with Crippen molar-refractivity contribution in [2.24, 2.45) is 0 Å². The third-order valence-corrected chi connectivity index (χ3v) is 5.52. The van der Waals surface area contributed by atoms with Crippen molar-refractivity contribution in [1.29, 1.82) is 0 Å². The first-order chi connectivity index (χ1) is 13.8. The largest absolute Gasteiger partial charge is 0.245 e. The van der Waals surface area contributed by atoms with Gasteiger partial charge in [0.15, 0.2) is 0 Å². The highest BCUT2D eigenvalue weighted by Crippen LogP contribution is 2.24. The van der Waals surface area contributed by atoms with E-state index in [1.54, 1.807) is 0 Å². The second kappa shape index (κ2) is 7.03. The van der Waals surface area contributed by atoms with Crippen molar-refractivity contribution in [2.45, 2.75) is 38.6 Å². The van der Waals surface area contributed by atoms with E-state index in [4.69, 9.17) is 0 Å². The van der Waals surface area contributed by atoms with Gasteiger partial charge in [-0.1, -0.05) is 52.9 Å². The molecule has 0 aliphatic heterocycles. The number of hydrogen-bond acceptors (Lipinski definition) is 4. The summed E-state index contributed by atoms with van der Waals surface area (Å²) in [5, 5.41) is 17.4. The summed E-state index contributed by atoms with van der Waals surface area (Å²) in [5.74, 6) is 0. The molecule has 6 nitrogen and oxygen atoms in total. The van der Waals surface area contributed by atoms with Crippen LogP contribution in [0.5, 0.6) is 0 Å². The molecule has 0 radical (unpaired) electrons. The number of aryl methyl sites for hydroxylation is 1. The molecule has 0 spiro atoms.